The van der Waals surface area contributed by atoms with E-state index in [4.69, 9.17) is 9.47 Å². The fourth-order valence-electron chi connectivity index (χ4n) is 7.88. The maximum Gasteiger partial charge on any atom is 0.306 e. The molecule has 0 bridgehead atoms. The van der Waals surface area contributed by atoms with Crippen LogP contribution in [0.3, 0.4) is 0 Å². The van der Waals surface area contributed by atoms with E-state index < -0.39 is 6.10 Å². The van der Waals surface area contributed by atoms with E-state index in [1.54, 1.807) is 0 Å². The van der Waals surface area contributed by atoms with Gasteiger partial charge in [-0.05, 0) is 70.6 Å². The minimum Gasteiger partial charge on any atom is -0.462 e. The van der Waals surface area contributed by atoms with Gasteiger partial charge in [-0.15, -0.1) is 0 Å². The van der Waals surface area contributed by atoms with Crippen molar-refractivity contribution in [2.24, 2.45) is 0 Å². The van der Waals surface area contributed by atoms with Crippen LogP contribution in [0.5, 0.6) is 0 Å². The van der Waals surface area contributed by atoms with Gasteiger partial charge >= 0.3 is 11.9 Å². The van der Waals surface area contributed by atoms with Gasteiger partial charge in [0, 0.05) is 12.8 Å². The maximum absolute atomic E-state index is 12.3. The van der Waals surface area contributed by atoms with Crippen LogP contribution in [-0.4, -0.2) is 36.4 Å². The van der Waals surface area contributed by atoms with Crippen molar-refractivity contribution in [3.05, 3.63) is 36.5 Å². The van der Waals surface area contributed by atoms with E-state index in [2.05, 4.69) is 50.3 Å². The van der Waals surface area contributed by atoms with Gasteiger partial charge in [-0.1, -0.05) is 237 Å². The fraction of sp³-hybridized carbons (Fsp3) is 0.855. The van der Waals surface area contributed by atoms with E-state index in [1.165, 1.54) is 212 Å². The van der Waals surface area contributed by atoms with E-state index in [-0.39, 0.29) is 25.2 Å². The summed E-state index contributed by atoms with van der Waals surface area (Å²) < 4.78 is 10.7. The minimum absolute atomic E-state index is 0.0644. The van der Waals surface area contributed by atoms with Crippen molar-refractivity contribution >= 4 is 11.9 Å². The zero-order chi connectivity index (χ0) is 43.5. The first-order valence-corrected chi connectivity index (χ1v) is 26.5. The lowest BCUT2D eigenvalue weighted by atomic mass is 10.0. The third kappa shape index (κ3) is 48.8. The van der Waals surface area contributed by atoms with E-state index >= 15 is 0 Å². The van der Waals surface area contributed by atoms with Crippen molar-refractivity contribution in [1.29, 1.82) is 0 Å². The summed E-state index contributed by atoms with van der Waals surface area (Å²) in [5, 5.41) is 9.63. The van der Waals surface area contributed by atoms with E-state index in [9.17, 15) is 14.7 Å². The average molecular weight is 843 g/mol. The first-order valence-electron chi connectivity index (χ1n) is 26.5. The third-order valence-corrected chi connectivity index (χ3v) is 11.9. The number of allylic oxidation sites excluding steroid dienone is 6. The fourth-order valence-corrected chi connectivity index (χ4v) is 7.88. The van der Waals surface area contributed by atoms with Gasteiger partial charge in [-0.25, -0.2) is 0 Å². The lowest BCUT2D eigenvalue weighted by Gasteiger charge is -2.15. The Labute approximate surface area is 374 Å². The van der Waals surface area contributed by atoms with Gasteiger partial charge in [0.25, 0.3) is 0 Å². The lowest BCUT2D eigenvalue weighted by Crippen LogP contribution is -2.28. The molecule has 60 heavy (non-hydrogen) atoms. The Hall–Kier alpha value is -1.88. The van der Waals surface area contributed by atoms with Crippen LogP contribution in [0.1, 0.15) is 284 Å². The topological polar surface area (TPSA) is 72.8 Å². The summed E-state index contributed by atoms with van der Waals surface area (Å²) in [7, 11) is 0. The van der Waals surface area contributed by atoms with Crippen molar-refractivity contribution in [3.63, 3.8) is 0 Å². The number of hydrogen-bond donors (Lipinski definition) is 1. The summed E-state index contributed by atoms with van der Waals surface area (Å²) in [5.41, 5.74) is 0. The molecule has 352 valence electrons. The zero-order valence-electron chi connectivity index (χ0n) is 40.2. The van der Waals surface area contributed by atoms with Gasteiger partial charge in [-0.2, -0.15) is 0 Å². The van der Waals surface area contributed by atoms with E-state index in [1.807, 2.05) is 0 Å². The number of aliphatic hydroxyl groups is 1. The Balaban J connectivity index is 3.45. The summed E-state index contributed by atoms with van der Waals surface area (Å²) in [4.78, 5) is 24.4. The van der Waals surface area contributed by atoms with Gasteiger partial charge in [0.2, 0.25) is 0 Å². The van der Waals surface area contributed by atoms with E-state index in [0.717, 1.165) is 44.9 Å². The molecule has 1 unspecified atom stereocenters. The Morgan fingerprint density at radius 1 is 0.383 bits per heavy atom. The van der Waals surface area contributed by atoms with Crippen LogP contribution < -0.4 is 0 Å². The van der Waals surface area contributed by atoms with Gasteiger partial charge in [0.05, 0.1) is 6.61 Å². The molecule has 0 aliphatic carbocycles. The molecule has 0 heterocycles. The van der Waals surface area contributed by atoms with Crippen molar-refractivity contribution in [1.82, 2.24) is 0 Å². The summed E-state index contributed by atoms with van der Waals surface area (Å²) in [5.74, 6) is -0.583. The van der Waals surface area contributed by atoms with Crippen LogP contribution in [-0.2, 0) is 19.1 Å². The largest absolute Gasteiger partial charge is 0.462 e. The number of ether oxygens (including phenoxy) is 2. The molecule has 0 aromatic rings. The van der Waals surface area contributed by atoms with Gasteiger partial charge in [0.15, 0.2) is 6.10 Å². The zero-order valence-corrected chi connectivity index (χ0v) is 40.2. The van der Waals surface area contributed by atoms with Crippen LogP contribution in [0.4, 0.5) is 0 Å². The smallest absolute Gasteiger partial charge is 0.306 e. The summed E-state index contributed by atoms with van der Waals surface area (Å²) in [6.45, 7) is 4.15. The van der Waals surface area contributed by atoms with Crippen LogP contribution in [0.15, 0.2) is 36.5 Å². The number of hydrogen-bond acceptors (Lipinski definition) is 5. The highest BCUT2D eigenvalue weighted by Gasteiger charge is 2.16. The predicted octanol–water partition coefficient (Wildman–Crippen LogP) is 17.5. The highest BCUT2D eigenvalue weighted by molar-refractivity contribution is 5.70. The van der Waals surface area contributed by atoms with Crippen LogP contribution >= 0.6 is 0 Å². The molecule has 0 fully saturated rings. The molecule has 0 rings (SSSR count). The Bertz CT molecular complexity index is 955. The minimum atomic E-state index is -0.771. The van der Waals surface area contributed by atoms with E-state index in [0.29, 0.717) is 12.8 Å². The Morgan fingerprint density at radius 3 is 1.00 bits per heavy atom. The molecule has 0 amide bonds. The molecule has 1 atom stereocenters. The SMILES string of the molecule is CCCCCCC/C=C\C/C=C\CCCCCCCCCCCCCCCCCCCC(=O)OC(CO)COC(=O)CCCCCCCCC/C=C\CCCCCCCC. The predicted molar refractivity (Wildman–Crippen MR) is 261 cm³/mol. The second kappa shape index (κ2) is 51.5. The number of rotatable bonds is 49. The second-order valence-electron chi connectivity index (χ2n) is 17.9. The number of esters is 2. The first kappa shape index (κ1) is 58.1. The first-order chi connectivity index (χ1) is 29.6. The molecular weight excluding hydrogens is 741 g/mol. The highest BCUT2D eigenvalue weighted by atomic mass is 16.6. The van der Waals surface area contributed by atoms with Crippen LogP contribution in [0.2, 0.25) is 0 Å². The number of aliphatic hydroxyl groups excluding tert-OH is 1. The van der Waals surface area contributed by atoms with Gasteiger partial charge in [-0.3, -0.25) is 9.59 Å². The van der Waals surface area contributed by atoms with Crippen molar-refractivity contribution in [3.8, 4) is 0 Å². The lowest BCUT2D eigenvalue weighted by molar-refractivity contribution is -0.161. The van der Waals surface area contributed by atoms with Gasteiger partial charge < -0.3 is 14.6 Å². The Kier molecular flexibility index (Phi) is 49.9. The normalized spacial score (nSPS) is 12.4. The molecule has 0 saturated carbocycles. The Morgan fingerprint density at radius 2 is 0.667 bits per heavy atom. The summed E-state index contributed by atoms with van der Waals surface area (Å²) >= 11 is 0. The molecule has 0 aliphatic rings. The van der Waals surface area contributed by atoms with Crippen LogP contribution in [0.25, 0.3) is 0 Å². The maximum atomic E-state index is 12.3. The standard InChI is InChI=1S/C55H102O5/c1-3-5-7-9-11-13-15-17-19-21-22-23-24-25-26-27-28-29-30-31-32-34-36-38-40-42-44-46-48-50-55(58)60-53(51-56)52-59-54(57)49-47-45-43-41-39-37-35-33-20-18-16-14-12-10-8-6-4-2/h15,17-18,20-22,53,56H,3-14,16,19,23-52H2,1-2H3/b17-15-,20-18-,22-21-. The molecule has 0 radical (unpaired) electrons. The number of carbonyl (C=O) groups excluding carboxylic acids is 2. The monoisotopic (exact) mass is 843 g/mol. The molecule has 0 saturated heterocycles. The molecular formula is C55H102O5. The third-order valence-electron chi connectivity index (χ3n) is 11.9. The molecule has 0 aromatic carbocycles. The van der Waals surface area contributed by atoms with Crippen molar-refractivity contribution in [2.45, 2.75) is 290 Å². The summed E-state index contributed by atoms with van der Waals surface area (Å²) in [6, 6.07) is 0. The molecule has 1 N–H and O–H groups in total. The second-order valence-corrected chi connectivity index (χ2v) is 17.9. The quantitative estimate of drug-likeness (QED) is 0.0375. The number of unbranched alkanes of at least 4 members (excludes halogenated alkanes) is 35. The average Bonchev–Trinajstić information content (AvgIpc) is 3.25. The molecule has 0 aromatic heterocycles. The van der Waals surface area contributed by atoms with Crippen molar-refractivity contribution in [2.75, 3.05) is 13.2 Å². The summed E-state index contributed by atoms with van der Waals surface area (Å²) in [6.07, 6.45) is 65.3. The molecule has 5 heteroatoms. The molecule has 5 nitrogen and oxygen atoms in total. The highest BCUT2D eigenvalue weighted by Crippen LogP contribution is 2.16. The number of carbonyl (C=O) groups is 2. The van der Waals surface area contributed by atoms with Gasteiger partial charge in [0.1, 0.15) is 6.61 Å². The molecule has 0 spiro atoms. The van der Waals surface area contributed by atoms with Crippen molar-refractivity contribution < 1.29 is 24.2 Å². The molecule has 0 aliphatic heterocycles. The van der Waals surface area contributed by atoms with Crippen LogP contribution in [0, 0.1) is 0 Å².